The van der Waals surface area contributed by atoms with Gasteiger partial charge in [-0.25, -0.2) is 0 Å². The van der Waals surface area contributed by atoms with Gasteiger partial charge < -0.3 is 4.74 Å². The number of aryl methyl sites for hydroxylation is 1. The van der Waals surface area contributed by atoms with E-state index in [9.17, 15) is 10.1 Å². The minimum Gasteiger partial charge on any atom is -0.497 e. The van der Waals surface area contributed by atoms with Gasteiger partial charge in [0, 0.05) is 21.8 Å². The number of methoxy groups -OCH3 is 1. The van der Waals surface area contributed by atoms with Crippen molar-refractivity contribution >= 4 is 23.5 Å². The molecule has 0 amide bonds. The van der Waals surface area contributed by atoms with Crippen LogP contribution in [0.4, 0.5) is 0 Å². The van der Waals surface area contributed by atoms with Crippen LogP contribution in [0, 0.1) is 25.2 Å². The minimum absolute atomic E-state index is 0.0543. The van der Waals surface area contributed by atoms with E-state index >= 15 is 0 Å². The zero-order chi connectivity index (χ0) is 21.0. The van der Waals surface area contributed by atoms with Crippen LogP contribution in [0.2, 0.25) is 5.02 Å². The number of ether oxygens (including phenoxy) is 1. The number of Topliss-reactive ketones (excluding diaryl/α,β-unsaturated/α-hetero) is 1. The smallest absolute Gasteiger partial charge is 0.203 e. The van der Waals surface area contributed by atoms with Crippen LogP contribution in [0.15, 0.2) is 54.1 Å². The topological polar surface area (TPSA) is 67.9 Å². The van der Waals surface area contributed by atoms with Gasteiger partial charge in [0.05, 0.1) is 19.3 Å². The quantitative estimate of drug-likeness (QED) is 0.329. The van der Waals surface area contributed by atoms with Gasteiger partial charge in [-0.3, -0.25) is 9.48 Å². The molecule has 0 aliphatic carbocycles. The number of allylic oxidation sites excluding steroid dienone is 1. The molecule has 0 spiro atoms. The van der Waals surface area contributed by atoms with E-state index in [1.54, 1.807) is 37.5 Å². The molecule has 0 fully saturated rings. The van der Waals surface area contributed by atoms with Gasteiger partial charge in [0.15, 0.2) is 0 Å². The second-order valence-corrected chi connectivity index (χ2v) is 6.97. The number of ketones is 1. The van der Waals surface area contributed by atoms with Crippen LogP contribution in [0.25, 0.3) is 6.08 Å². The van der Waals surface area contributed by atoms with E-state index in [1.165, 1.54) is 0 Å². The van der Waals surface area contributed by atoms with Crippen molar-refractivity contribution in [2.24, 2.45) is 0 Å². The molecular weight excluding hydrogens is 386 g/mol. The SMILES string of the molecule is COc1ccc(C(=O)/C(C#N)=C/c2c(C)nn(Cc3ccccc3Cl)c2C)cc1. The largest absolute Gasteiger partial charge is 0.497 e. The van der Waals surface area contributed by atoms with Crippen LogP contribution in [0.5, 0.6) is 5.75 Å². The van der Waals surface area contributed by atoms with E-state index in [-0.39, 0.29) is 11.4 Å². The summed E-state index contributed by atoms with van der Waals surface area (Å²) in [6, 6.07) is 16.3. The van der Waals surface area contributed by atoms with E-state index in [0.717, 1.165) is 22.5 Å². The summed E-state index contributed by atoms with van der Waals surface area (Å²) in [7, 11) is 1.56. The number of nitrogens with zero attached hydrogens (tertiary/aromatic N) is 3. The molecular formula is C23H20ClN3O2. The van der Waals surface area contributed by atoms with E-state index in [1.807, 2.05) is 48.9 Å². The molecule has 1 heterocycles. The molecule has 0 N–H and O–H groups in total. The lowest BCUT2D eigenvalue weighted by atomic mass is 10.0. The van der Waals surface area contributed by atoms with Crippen molar-refractivity contribution in [1.82, 2.24) is 9.78 Å². The van der Waals surface area contributed by atoms with Crippen molar-refractivity contribution in [2.45, 2.75) is 20.4 Å². The summed E-state index contributed by atoms with van der Waals surface area (Å²) in [5, 5.41) is 14.8. The zero-order valence-electron chi connectivity index (χ0n) is 16.4. The number of carbonyl (C=O) groups is 1. The average Bonchev–Trinajstić information content (AvgIpc) is 3.00. The van der Waals surface area contributed by atoms with Crippen molar-refractivity contribution in [2.75, 3.05) is 7.11 Å². The van der Waals surface area contributed by atoms with Gasteiger partial charge in [0.25, 0.3) is 0 Å². The highest BCUT2D eigenvalue weighted by Crippen LogP contribution is 2.22. The lowest BCUT2D eigenvalue weighted by Crippen LogP contribution is -2.05. The monoisotopic (exact) mass is 405 g/mol. The van der Waals surface area contributed by atoms with Crippen LogP contribution >= 0.6 is 11.6 Å². The Labute approximate surface area is 174 Å². The molecule has 146 valence electrons. The first-order valence-electron chi connectivity index (χ1n) is 9.02. The number of halogens is 1. The van der Waals surface area contributed by atoms with Crippen LogP contribution in [-0.2, 0) is 6.54 Å². The molecule has 3 aromatic rings. The molecule has 0 radical (unpaired) electrons. The van der Waals surface area contributed by atoms with Gasteiger partial charge in [-0.1, -0.05) is 29.8 Å². The normalized spacial score (nSPS) is 11.2. The van der Waals surface area contributed by atoms with Crippen molar-refractivity contribution in [3.63, 3.8) is 0 Å². The molecule has 2 aromatic carbocycles. The number of hydrogen-bond donors (Lipinski definition) is 0. The molecule has 0 unspecified atom stereocenters. The van der Waals surface area contributed by atoms with E-state index < -0.39 is 0 Å². The lowest BCUT2D eigenvalue weighted by Gasteiger charge is -2.07. The summed E-state index contributed by atoms with van der Waals surface area (Å²) in [5.41, 5.74) is 3.79. The predicted molar refractivity (Wildman–Crippen MR) is 113 cm³/mol. The van der Waals surface area contributed by atoms with Gasteiger partial charge >= 0.3 is 0 Å². The van der Waals surface area contributed by atoms with Crippen LogP contribution < -0.4 is 4.74 Å². The molecule has 0 saturated carbocycles. The minimum atomic E-state index is -0.340. The highest BCUT2D eigenvalue weighted by atomic mass is 35.5. The summed E-state index contributed by atoms with van der Waals surface area (Å²) in [6.07, 6.45) is 1.60. The fraction of sp³-hybridized carbons (Fsp3) is 0.174. The zero-order valence-corrected chi connectivity index (χ0v) is 17.2. The Morgan fingerprint density at radius 3 is 2.52 bits per heavy atom. The number of rotatable bonds is 6. The number of nitriles is 1. The first-order chi connectivity index (χ1) is 13.9. The molecule has 0 saturated heterocycles. The van der Waals surface area contributed by atoms with Crippen LogP contribution in [-0.4, -0.2) is 22.7 Å². The van der Waals surface area contributed by atoms with Gasteiger partial charge in [0.1, 0.15) is 17.4 Å². The number of aromatic nitrogens is 2. The fourth-order valence-electron chi connectivity index (χ4n) is 3.05. The van der Waals surface area contributed by atoms with E-state index in [4.69, 9.17) is 16.3 Å². The summed E-state index contributed by atoms with van der Waals surface area (Å²) >= 11 is 6.26. The van der Waals surface area contributed by atoms with Crippen LogP contribution in [0.1, 0.15) is 32.9 Å². The second kappa shape index (κ2) is 8.76. The molecule has 0 aliphatic rings. The Balaban J connectivity index is 1.93. The Kier molecular flexibility index (Phi) is 6.16. The predicted octanol–water partition coefficient (Wildman–Crippen LogP) is 5.00. The van der Waals surface area contributed by atoms with Gasteiger partial charge in [-0.2, -0.15) is 10.4 Å². The average molecular weight is 406 g/mol. The van der Waals surface area contributed by atoms with Crippen molar-refractivity contribution in [1.29, 1.82) is 5.26 Å². The van der Waals surface area contributed by atoms with Crippen LogP contribution in [0.3, 0.4) is 0 Å². The summed E-state index contributed by atoms with van der Waals surface area (Å²) < 4.78 is 6.94. The van der Waals surface area contributed by atoms with E-state index in [2.05, 4.69) is 5.10 Å². The molecule has 5 nitrogen and oxygen atoms in total. The maximum Gasteiger partial charge on any atom is 0.203 e. The second-order valence-electron chi connectivity index (χ2n) is 6.56. The molecule has 1 aromatic heterocycles. The highest BCUT2D eigenvalue weighted by Gasteiger charge is 2.16. The Bertz CT molecular complexity index is 1120. The molecule has 0 aliphatic heterocycles. The third kappa shape index (κ3) is 4.39. The maximum absolute atomic E-state index is 12.8. The number of hydrogen-bond acceptors (Lipinski definition) is 4. The first-order valence-corrected chi connectivity index (χ1v) is 9.40. The fourth-order valence-corrected chi connectivity index (χ4v) is 3.25. The Hall–Kier alpha value is -3.36. The number of carbonyl (C=O) groups excluding carboxylic acids is 1. The van der Waals surface area contributed by atoms with Crippen molar-refractivity contribution < 1.29 is 9.53 Å². The molecule has 3 rings (SSSR count). The summed E-state index contributed by atoms with van der Waals surface area (Å²) in [5.74, 6) is 0.310. The van der Waals surface area contributed by atoms with Gasteiger partial charge in [0.2, 0.25) is 5.78 Å². The Morgan fingerprint density at radius 1 is 1.21 bits per heavy atom. The molecule has 0 atom stereocenters. The molecule has 0 bridgehead atoms. The number of benzene rings is 2. The first kappa shape index (κ1) is 20.4. The highest BCUT2D eigenvalue weighted by molar-refractivity contribution is 6.31. The Morgan fingerprint density at radius 2 is 1.90 bits per heavy atom. The standard InChI is InChI=1S/C23H20ClN3O2/c1-15-21(16(2)27(26-15)14-18-6-4-5-7-22(18)24)12-19(13-25)23(28)17-8-10-20(29-3)11-9-17/h4-12H,14H2,1-3H3/b19-12+. The molecule has 29 heavy (non-hydrogen) atoms. The molecule has 6 heteroatoms. The van der Waals surface area contributed by atoms with Crippen molar-refractivity contribution in [3.05, 3.63) is 87.2 Å². The van der Waals surface area contributed by atoms with E-state index in [0.29, 0.717) is 22.9 Å². The summed E-state index contributed by atoms with van der Waals surface area (Å²) in [4.78, 5) is 12.8. The maximum atomic E-state index is 12.8. The lowest BCUT2D eigenvalue weighted by molar-refractivity contribution is 0.104. The summed E-state index contributed by atoms with van der Waals surface area (Å²) in [6.45, 7) is 4.28. The van der Waals surface area contributed by atoms with Gasteiger partial charge in [-0.15, -0.1) is 0 Å². The van der Waals surface area contributed by atoms with Crippen molar-refractivity contribution in [3.8, 4) is 11.8 Å². The van der Waals surface area contributed by atoms with Gasteiger partial charge in [-0.05, 0) is 55.8 Å². The third-order valence-electron chi connectivity index (χ3n) is 4.72. The third-order valence-corrected chi connectivity index (χ3v) is 5.09.